The molecule has 0 spiro atoms. The summed E-state index contributed by atoms with van der Waals surface area (Å²) in [6.07, 6.45) is 0. The fraction of sp³-hybridized carbons (Fsp3) is 0.161. The predicted octanol–water partition coefficient (Wildman–Crippen LogP) is 6.28. The van der Waals surface area contributed by atoms with E-state index in [0.29, 0.717) is 22.0 Å². The Hall–Kier alpha value is -4.41. The van der Waals surface area contributed by atoms with Gasteiger partial charge in [-0.05, 0) is 37.6 Å². The zero-order chi connectivity index (χ0) is 26.9. The molecule has 0 saturated heterocycles. The average Bonchev–Trinajstić information content (AvgIpc) is 2.95. The van der Waals surface area contributed by atoms with E-state index in [1.54, 1.807) is 31.2 Å². The van der Waals surface area contributed by atoms with Gasteiger partial charge in [-0.25, -0.2) is 4.98 Å². The molecule has 0 aliphatic heterocycles. The molecule has 1 heterocycles. The van der Waals surface area contributed by atoms with Gasteiger partial charge in [-0.1, -0.05) is 90.1 Å². The van der Waals surface area contributed by atoms with E-state index >= 15 is 0 Å². The fourth-order valence-corrected chi connectivity index (χ4v) is 4.81. The highest BCUT2D eigenvalue weighted by Gasteiger charge is 2.22. The molecule has 0 fully saturated rings. The Kier molecular flexibility index (Phi) is 8.91. The monoisotopic (exact) mass is 521 g/mol. The molecule has 3 aromatic carbocycles. The van der Waals surface area contributed by atoms with E-state index in [1.165, 1.54) is 16.7 Å². The number of esters is 1. The van der Waals surface area contributed by atoms with E-state index in [0.717, 1.165) is 22.3 Å². The first-order valence-electron chi connectivity index (χ1n) is 12.2. The van der Waals surface area contributed by atoms with Crippen LogP contribution in [0.4, 0.5) is 5.69 Å². The highest BCUT2D eigenvalue weighted by atomic mass is 32.2. The summed E-state index contributed by atoms with van der Waals surface area (Å²) in [5.74, 6) is -0.790. The Morgan fingerprint density at radius 3 is 2.24 bits per heavy atom. The van der Waals surface area contributed by atoms with Crippen molar-refractivity contribution in [3.05, 3.63) is 102 Å². The molecule has 1 amide bonds. The van der Waals surface area contributed by atoms with Crippen LogP contribution in [0.2, 0.25) is 0 Å². The minimum absolute atomic E-state index is 0.0123. The summed E-state index contributed by atoms with van der Waals surface area (Å²) >= 11 is 1.19. The van der Waals surface area contributed by atoms with Gasteiger partial charge in [-0.2, -0.15) is 5.26 Å². The van der Waals surface area contributed by atoms with Crippen molar-refractivity contribution in [1.29, 1.82) is 5.26 Å². The largest absolute Gasteiger partial charge is 0.465 e. The number of anilines is 1. The molecule has 7 heteroatoms. The SMILES string of the molecule is CCOC(=O)CN(C(=O)CSc1nc(-c2ccc(C)cc2)cc(-c2ccccc2)c1C#N)c1ccccc1. The van der Waals surface area contributed by atoms with Crippen molar-refractivity contribution in [3.8, 4) is 28.5 Å². The number of carbonyl (C=O) groups excluding carboxylic acids is 2. The van der Waals surface area contributed by atoms with E-state index in [9.17, 15) is 14.9 Å². The molecule has 190 valence electrons. The molecule has 0 N–H and O–H groups in total. The maximum atomic E-state index is 13.4. The first-order chi connectivity index (χ1) is 18.5. The van der Waals surface area contributed by atoms with Crippen molar-refractivity contribution in [1.82, 2.24) is 4.98 Å². The fourth-order valence-electron chi connectivity index (χ4n) is 3.93. The van der Waals surface area contributed by atoms with E-state index < -0.39 is 5.97 Å². The van der Waals surface area contributed by atoms with Crippen molar-refractivity contribution in [2.24, 2.45) is 0 Å². The van der Waals surface area contributed by atoms with Crippen LogP contribution < -0.4 is 4.90 Å². The van der Waals surface area contributed by atoms with Crippen LogP contribution in [0.1, 0.15) is 18.1 Å². The predicted molar refractivity (Wildman–Crippen MR) is 151 cm³/mol. The molecule has 0 saturated carbocycles. The molecule has 1 aromatic heterocycles. The number of nitriles is 1. The van der Waals surface area contributed by atoms with Crippen molar-refractivity contribution < 1.29 is 14.3 Å². The number of rotatable bonds is 9. The number of hydrogen-bond donors (Lipinski definition) is 0. The van der Waals surface area contributed by atoms with Crippen LogP contribution in [0, 0.1) is 18.3 Å². The number of pyridine rings is 1. The Bertz CT molecular complexity index is 1450. The molecule has 4 rings (SSSR count). The lowest BCUT2D eigenvalue weighted by Gasteiger charge is -2.22. The van der Waals surface area contributed by atoms with Crippen LogP contribution >= 0.6 is 11.8 Å². The number of benzene rings is 3. The van der Waals surface area contributed by atoms with E-state index in [1.807, 2.05) is 73.7 Å². The molecule has 4 aromatic rings. The molecule has 0 unspecified atom stereocenters. The minimum Gasteiger partial charge on any atom is -0.465 e. The second kappa shape index (κ2) is 12.7. The number of hydrogen-bond acceptors (Lipinski definition) is 6. The molecule has 0 radical (unpaired) electrons. The third-order valence-corrected chi connectivity index (χ3v) is 6.78. The van der Waals surface area contributed by atoms with Crippen molar-refractivity contribution in [2.45, 2.75) is 18.9 Å². The quantitative estimate of drug-likeness (QED) is 0.190. The number of carbonyl (C=O) groups is 2. The molecule has 0 bridgehead atoms. The van der Waals surface area contributed by atoms with Gasteiger partial charge in [0.2, 0.25) is 5.91 Å². The third-order valence-electron chi connectivity index (χ3n) is 5.82. The molecular formula is C31H27N3O3S. The van der Waals surface area contributed by atoms with Gasteiger partial charge < -0.3 is 9.64 Å². The zero-order valence-electron chi connectivity index (χ0n) is 21.3. The van der Waals surface area contributed by atoms with Gasteiger partial charge in [0.15, 0.2) is 0 Å². The molecular weight excluding hydrogens is 494 g/mol. The number of aromatic nitrogens is 1. The van der Waals surface area contributed by atoms with E-state index in [2.05, 4.69) is 6.07 Å². The average molecular weight is 522 g/mol. The second-order valence-electron chi connectivity index (χ2n) is 8.49. The lowest BCUT2D eigenvalue weighted by Crippen LogP contribution is -2.37. The number of nitrogens with zero attached hydrogens (tertiary/aromatic N) is 3. The standard InChI is InChI=1S/C31H27N3O3S/c1-3-37-30(36)20-34(25-12-8-5-9-13-25)29(35)21-38-31-27(19-32)26(23-10-6-4-7-11-23)18-28(33-31)24-16-14-22(2)15-17-24/h4-18H,3,20-21H2,1-2H3. The molecule has 0 aliphatic rings. The highest BCUT2D eigenvalue weighted by molar-refractivity contribution is 8.00. The van der Waals surface area contributed by atoms with Crippen LogP contribution in [-0.2, 0) is 14.3 Å². The number of thioether (sulfide) groups is 1. The van der Waals surface area contributed by atoms with E-state index in [-0.39, 0.29) is 24.8 Å². The topological polar surface area (TPSA) is 83.3 Å². The first kappa shape index (κ1) is 26.6. The summed E-state index contributed by atoms with van der Waals surface area (Å²) in [7, 11) is 0. The summed E-state index contributed by atoms with van der Waals surface area (Å²) in [4.78, 5) is 31.8. The van der Waals surface area contributed by atoms with Gasteiger partial charge in [-0.3, -0.25) is 9.59 Å². The molecule has 38 heavy (non-hydrogen) atoms. The molecule has 0 aliphatic carbocycles. The smallest absolute Gasteiger partial charge is 0.326 e. The van der Waals surface area contributed by atoms with Crippen molar-refractivity contribution in [3.63, 3.8) is 0 Å². The van der Waals surface area contributed by atoms with Gasteiger partial charge in [-0.15, -0.1) is 0 Å². The lowest BCUT2D eigenvalue weighted by molar-refractivity contribution is -0.142. The van der Waals surface area contributed by atoms with Crippen LogP contribution in [0.15, 0.2) is 96.0 Å². The normalized spacial score (nSPS) is 10.4. The molecule has 6 nitrogen and oxygen atoms in total. The number of ether oxygens (including phenoxy) is 1. The van der Waals surface area contributed by atoms with Gasteiger partial charge in [0.05, 0.1) is 23.6 Å². The summed E-state index contributed by atoms with van der Waals surface area (Å²) < 4.78 is 5.09. The summed E-state index contributed by atoms with van der Waals surface area (Å²) in [6.45, 7) is 3.78. The Morgan fingerprint density at radius 2 is 1.61 bits per heavy atom. The van der Waals surface area contributed by atoms with Crippen LogP contribution in [-0.4, -0.2) is 35.8 Å². The number of amides is 1. The van der Waals surface area contributed by atoms with Crippen LogP contribution in [0.5, 0.6) is 0 Å². The summed E-state index contributed by atoms with van der Waals surface area (Å²) in [5, 5.41) is 10.6. The number of para-hydroxylation sites is 1. The van der Waals surface area contributed by atoms with Gasteiger partial charge in [0.25, 0.3) is 0 Å². The van der Waals surface area contributed by atoms with Crippen molar-refractivity contribution >= 4 is 29.3 Å². The van der Waals surface area contributed by atoms with Crippen LogP contribution in [0.25, 0.3) is 22.4 Å². The Morgan fingerprint density at radius 1 is 0.947 bits per heavy atom. The third kappa shape index (κ3) is 6.47. The summed E-state index contributed by atoms with van der Waals surface area (Å²) in [6, 6.07) is 30.9. The van der Waals surface area contributed by atoms with Crippen molar-refractivity contribution in [2.75, 3.05) is 23.8 Å². The summed E-state index contributed by atoms with van der Waals surface area (Å²) in [5.41, 5.74) is 5.40. The van der Waals surface area contributed by atoms with Gasteiger partial charge >= 0.3 is 5.97 Å². The Labute approximate surface area is 226 Å². The van der Waals surface area contributed by atoms with E-state index in [4.69, 9.17) is 9.72 Å². The zero-order valence-corrected chi connectivity index (χ0v) is 22.1. The maximum Gasteiger partial charge on any atom is 0.326 e. The lowest BCUT2D eigenvalue weighted by atomic mass is 9.99. The maximum absolute atomic E-state index is 13.4. The second-order valence-corrected chi connectivity index (χ2v) is 9.45. The van der Waals surface area contributed by atoms with Gasteiger partial charge in [0.1, 0.15) is 17.6 Å². The van der Waals surface area contributed by atoms with Gasteiger partial charge in [0, 0.05) is 16.8 Å². The highest BCUT2D eigenvalue weighted by Crippen LogP contribution is 2.34. The Balaban J connectivity index is 1.70. The first-order valence-corrected chi connectivity index (χ1v) is 13.2. The number of aryl methyl sites for hydroxylation is 1. The molecule has 0 atom stereocenters. The van der Waals surface area contributed by atoms with Crippen LogP contribution in [0.3, 0.4) is 0 Å². The minimum atomic E-state index is -0.488.